The molecule has 0 aliphatic heterocycles. The fraction of sp³-hybridized carbons (Fsp3) is 0.208. The smallest absolute Gasteiger partial charge is 0.335 e. The van der Waals surface area contributed by atoms with Gasteiger partial charge in [0, 0.05) is 24.2 Å². The summed E-state index contributed by atoms with van der Waals surface area (Å²) in [5.74, 6) is 0.191. The number of carboxylic acid groups (broad SMARTS) is 1. The van der Waals surface area contributed by atoms with Gasteiger partial charge in [0.2, 0.25) is 0 Å². The molecule has 3 rings (SSSR count). The first-order valence-electron chi connectivity index (χ1n) is 9.92. The number of nitrogens with one attached hydrogen (secondary N) is 1. The van der Waals surface area contributed by atoms with Gasteiger partial charge in [0.1, 0.15) is 6.61 Å². The van der Waals surface area contributed by atoms with Crippen molar-refractivity contribution in [1.82, 2.24) is 5.32 Å². The van der Waals surface area contributed by atoms with Crippen molar-refractivity contribution < 1.29 is 19.4 Å². The molecule has 0 fully saturated rings. The Morgan fingerprint density at radius 1 is 0.844 bits per heavy atom. The molecule has 5 nitrogen and oxygen atoms in total. The van der Waals surface area contributed by atoms with Crippen LogP contribution in [0.2, 0.25) is 15.1 Å². The summed E-state index contributed by atoms with van der Waals surface area (Å²) in [6.07, 6.45) is 0. The maximum Gasteiger partial charge on any atom is 0.335 e. The van der Waals surface area contributed by atoms with Crippen LogP contribution in [-0.4, -0.2) is 17.7 Å². The van der Waals surface area contributed by atoms with Gasteiger partial charge in [-0.1, -0.05) is 53.0 Å². The van der Waals surface area contributed by atoms with Crippen molar-refractivity contribution in [3.8, 4) is 11.5 Å². The molecule has 0 unspecified atom stereocenters. The highest BCUT2D eigenvalue weighted by Gasteiger charge is 2.12. The summed E-state index contributed by atoms with van der Waals surface area (Å²) in [6.45, 7) is 3.74. The highest BCUT2D eigenvalue weighted by molar-refractivity contribution is 6.42. The molecule has 0 atom stereocenters. The fourth-order valence-corrected chi connectivity index (χ4v) is 3.53. The van der Waals surface area contributed by atoms with Crippen LogP contribution in [-0.2, 0) is 19.7 Å². The molecule has 32 heavy (non-hydrogen) atoms. The molecule has 0 aliphatic rings. The zero-order chi connectivity index (χ0) is 23.1. The van der Waals surface area contributed by atoms with Gasteiger partial charge in [0.05, 0.1) is 22.2 Å². The topological polar surface area (TPSA) is 67.8 Å². The number of carbonyl (C=O) groups is 1. The van der Waals surface area contributed by atoms with E-state index < -0.39 is 5.97 Å². The number of halogens is 3. The van der Waals surface area contributed by atoms with Crippen molar-refractivity contribution in [2.75, 3.05) is 6.61 Å². The largest absolute Gasteiger partial charge is 0.490 e. The monoisotopic (exact) mass is 493 g/mol. The van der Waals surface area contributed by atoms with Gasteiger partial charge in [0.15, 0.2) is 11.5 Å². The van der Waals surface area contributed by atoms with E-state index in [2.05, 4.69) is 5.32 Å². The van der Waals surface area contributed by atoms with Gasteiger partial charge in [-0.15, -0.1) is 0 Å². The third kappa shape index (κ3) is 6.53. The Hall–Kier alpha value is -2.44. The van der Waals surface area contributed by atoms with E-state index in [1.165, 1.54) is 0 Å². The number of benzene rings is 3. The Morgan fingerprint density at radius 2 is 1.53 bits per heavy atom. The van der Waals surface area contributed by atoms with Gasteiger partial charge in [-0.25, -0.2) is 4.79 Å². The van der Waals surface area contributed by atoms with Crippen LogP contribution in [0.1, 0.15) is 34.0 Å². The molecular weight excluding hydrogens is 473 g/mol. The third-order valence-corrected chi connectivity index (χ3v) is 5.73. The van der Waals surface area contributed by atoms with Gasteiger partial charge in [0.25, 0.3) is 0 Å². The van der Waals surface area contributed by atoms with Gasteiger partial charge < -0.3 is 19.9 Å². The van der Waals surface area contributed by atoms with Crippen LogP contribution in [0.3, 0.4) is 0 Å². The SMILES string of the molecule is CCOc1cc(CNCc2ccc(C(=O)O)cc2)c(Cl)cc1OCc1ccc(Cl)c(Cl)c1. The Morgan fingerprint density at radius 3 is 2.19 bits per heavy atom. The van der Waals surface area contributed by atoms with E-state index >= 15 is 0 Å². The summed E-state index contributed by atoms with van der Waals surface area (Å²) in [6, 6.07) is 15.7. The Bertz CT molecular complexity index is 1090. The second-order valence-electron chi connectivity index (χ2n) is 6.97. The van der Waals surface area contributed by atoms with Crippen LogP contribution < -0.4 is 14.8 Å². The van der Waals surface area contributed by atoms with Crippen molar-refractivity contribution in [3.05, 3.63) is 91.9 Å². The van der Waals surface area contributed by atoms with Crippen molar-refractivity contribution in [3.63, 3.8) is 0 Å². The van der Waals surface area contributed by atoms with Crippen molar-refractivity contribution in [1.29, 1.82) is 0 Å². The molecule has 0 spiro atoms. The Kier molecular flexibility index (Phi) is 8.65. The first-order valence-corrected chi connectivity index (χ1v) is 11.1. The molecule has 0 aromatic heterocycles. The van der Waals surface area contributed by atoms with Crippen LogP contribution in [0, 0.1) is 0 Å². The maximum absolute atomic E-state index is 11.0. The molecule has 0 aliphatic carbocycles. The quantitative estimate of drug-likeness (QED) is 0.332. The number of rotatable bonds is 10. The molecule has 0 heterocycles. The lowest BCUT2D eigenvalue weighted by Gasteiger charge is -2.15. The number of aromatic carboxylic acids is 1. The molecule has 0 saturated heterocycles. The summed E-state index contributed by atoms with van der Waals surface area (Å²) in [4.78, 5) is 11.0. The standard InChI is InChI=1S/C24H22Cl3NO4/c1-2-31-22-10-18(13-28-12-15-3-6-17(7-4-15)24(29)30)20(26)11-23(22)32-14-16-5-8-19(25)21(27)9-16/h3-11,28H,2,12-14H2,1H3,(H,29,30). The lowest BCUT2D eigenvalue weighted by molar-refractivity contribution is 0.0697. The maximum atomic E-state index is 11.0. The molecule has 0 bridgehead atoms. The van der Waals surface area contributed by atoms with Crippen molar-refractivity contribution in [2.45, 2.75) is 26.6 Å². The lowest BCUT2D eigenvalue weighted by Crippen LogP contribution is -2.13. The summed E-state index contributed by atoms with van der Waals surface area (Å²) < 4.78 is 11.7. The molecule has 3 aromatic carbocycles. The van der Waals surface area contributed by atoms with Crippen LogP contribution in [0.4, 0.5) is 0 Å². The third-order valence-electron chi connectivity index (χ3n) is 4.64. The van der Waals surface area contributed by atoms with Crippen LogP contribution >= 0.6 is 34.8 Å². The minimum absolute atomic E-state index is 0.259. The predicted molar refractivity (Wildman–Crippen MR) is 127 cm³/mol. The molecule has 8 heteroatoms. The number of ether oxygens (including phenoxy) is 2. The van der Waals surface area contributed by atoms with E-state index in [4.69, 9.17) is 49.4 Å². The minimum atomic E-state index is -0.943. The van der Waals surface area contributed by atoms with E-state index in [0.29, 0.717) is 46.3 Å². The molecule has 0 amide bonds. The van der Waals surface area contributed by atoms with Gasteiger partial charge in [-0.05, 0) is 53.9 Å². The van der Waals surface area contributed by atoms with Crippen LogP contribution in [0.5, 0.6) is 11.5 Å². The second-order valence-corrected chi connectivity index (χ2v) is 8.19. The molecule has 0 radical (unpaired) electrons. The first kappa shape index (κ1) is 24.2. The first-order chi connectivity index (χ1) is 15.4. The Labute approximate surface area is 201 Å². The molecule has 0 saturated carbocycles. The normalized spacial score (nSPS) is 10.8. The highest BCUT2D eigenvalue weighted by atomic mass is 35.5. The number of hydrogen-bond acceptors (Lipinski definition) is 4. The van der Waals surface area contributed by atoms with Crippen molar-refractivity contribution >= 4 is 40.8 Å². The second kappa shape index (κ2) is 11.4. The summed E-state index contributed by atoms with van der Waals surface area (Å²) in [5, 5.41) is 13.8. The zero-order valence-corrected chi connectivity index (χ0v) is 19.6. The average molecular weight is 495 g/mol. The molecule has 168 valence electrons. The molecule has 2 N–H and O–H groups in total. The zero-order valence-electron chi connectivity index (χ0n) is 17.3. The number of carboxylic acids is 1. The van der Waals surface area contributed by atoms with Crippen molar-refractivity contribution in [2.24, 2.45) is 0 Å². The van der Waals surface area contributed by atoms with E-state index in [0.717, 1.165) is 16.7 Å². The van der Waals surface area contributed by atoms with E-state index in [1.54, 1.807) is 42.5 Å². The lowest BCUT2D eigenvalue weighted by atomic mass is 10.1. The minimum Gasteiger partial charge on any atom is -0.490 e. The highest BCUT2D eigenvalue weighted by Crippen LogP contribution is 2.34. The summed E-state index contributed by atoms with van der Waals surface area (Å²) in [7, 11) is 0. The van der Waals surface area contributed by atoms with Gasteiger partial charge in [-0.2, -0.15) is 0 Å². The van der Waals surface area contributed by atoms with E-state index in [-0.39, 0.29) is 12.2 Å². The number of hydrogen-bond donors (Lipinski definition) is 2. The van der Waals surface area contributed by atoms with Gasteiger partial charge >= 0.3 is 5.97 Å². The van der Waals surface area contributed by atoms with E-state index in [9.17, 15) is 4.79 Å². The Balaban J connectivity index is 1.65. The summed E-state index contributed by atoms with van der Waals surface area (Å²) in [5.41, 5.74) is 2.96. The van der Waals surface area contributed by atoms with Gasteiger partial charge in [-0.3, -0.25) is 0 Å². The van der Waals surface area contributed by atoms with Crippen LogP contribution in [0.15, 0.2) is 54.6 Å². The molecule has 3 aromatic rings. The van der Waals surface area contributed by atoms with Crippen LogP contribution in [0.25, 0.3) is 0 Å². The fourth-order valence-electron chi connectivity index (χ4n) is 2.99. The molecular formula is C24H22Cl3NO4. The average Bonchev–Trinajstić information content (AvgIpc) is 2.77. The predicted octanol–water partition coefficient (Wildman–Crippen LogP) is 6.61. The van der Waals surface area contributed by atoms with E-state index in [1.807, 2.05) is 19.1 Å². The summed E-state index contributed by atoms with van der Waals surface area (Å²) >= 11 is 18.5.